The number of esters is 1. The fraction of sp³-hybridized carbons (Fsp3) is 0.846. The summed E-state index contributed by atoms with van der Waals surface area (Å²) < 4.78 is 10.4. The van der Waals surface area contributed by atoms with Crippen LogP contribution in [0.2, 0.25) is 0 Å². The average Bonchev–Trinajstić information content (AvgIpc) is 2.34. The first kappa shape index (κ1) is 12.6. The zero-order chi connectivity index (χ0) is 12.3. The molecule has 1 saturated heterocycles. The summed E-state index contributed by atoms with van der Waals surface area (Å²) in [6.45, 7) is 3.63. The minimum atomic E-state index is -0.526. The first-order chi connectivity index (χ1) is 8.17. The second-order valence-electron chi connectivity index (χ2n) is 5.09. The number of carbonyl (C=O) groups excluding carboxylic acids is 2. The second-order valence-corrected chi connectivity index (χ2v) is 5.09. The average molecular weight is 240 g/mol. The molecule has 2 fully saturated rings. The van der Waals surface area contributed by atoms with Crippen LogP contribution in [-0.2, 0) is 19.1 Å². The highest BCUT2D eigenvalue weighted by Gasteiger charge is 2.44. The van der Waals surface area contributed by atoms with Gasteiger partial charge in [0.25, 0.3) is 0 Å². The molecule has 0 aromatic heterocycles. The lowest BCUT2D eigenvalue weighted by atomic mass is 9.65. The van der Waals surface area contributed by atoms with Gasteiger partial charge in [0.15, 0.2) is 0 Å². The summed E-state index contributed by atoms with van der Waals surface area (Å²) in [5.74, 6) is -0.801. The van der Waals surface area contributed by atoms with Crippen molar-refractivity contribution < 1.29 is 19.1 Å². The molecule has 4 heteroatoms. The van der Waals surface area contributed by atoms with E-state index in [1.807, 2.05) is 0 Å². The summed E-state index contributed by atoms with van der Waals surface area (Å²) in [7, 11) is 0. The van der Waals surface area contributed by atoms with Gasteiger partial charge in [-0.25, -0.2) is 0 Å². The van der Waals surface area contributed by atoms with Crippen molar-refractivity contribution >= 4 is 11.8 Å². The summed E-state index contributed by atoms with van der Waals surface area (Å²) in [6.07, 6.45) is 4.02. The van der Waals surface area contributed by atoms with E-state index in [9.17, 15) is 9.59 Å². The number of hydrogen-bond donors (Lipinski definition) is 0. The molecule has 4 nitrogen and oxygen atoms in total. The molecule has 1 spiro atoms. The van der Waals surface area contributed by atoms with Crippen LogP contribution in [0.3, 0.4) is 0 Å². The zero-order valence-corrected chi connectivity index (χ0v) is 10.4. The molecule has 1 heterocycles. The lowest BCUT2D eigenvalue weighted by molar-refractivity contribution is -0.156. The van der Waals surface area contributed by atoms with Crippen LogP contribution in [0.4, 0.5) is 0 Å². The largest absolute Gasteiger partial charge is 0.465 e. The van der Waals surface area contributed by atoms with Crippen LogP contribution in [0, 0.1) is 11.3 Å². The summed E-state index contributed by atoms with van der Waals surface area (Å²) >= 11 is 0. The Morgan fingerprint density at radius 1 is 1.41 bits per heavy atom. The number of carbonyl (C=O) groups is 2. The fourth-order valence-electron chi connectivity index (χ4n) is 2.93. The molecule has 0 radical (unpaired) electrons. The van der Waals surface area contributed by atoms with Gasteiger partial charge in [0.05, 0.1) is 6.61 Å². The monoisotopic (exact) mass is 240 g/mol. The minimum absolute atomic E-state index is 0.0561. The molecule has 0 aromatic rings. The third-order valence-electron chi connectivity index (χ3n) is 4.05. The molecule has 1 saturated carbocycles. The molecule has 1 aliphatic heterocycles. The Morgan fingerprint density at radius 3 is 2.76 bits per heavy atom. The molecule has 96 valence electrons. The SMILES string of the molecule is CCOC(=O)C1CC2(CCOCC2)CCC1=O. The van der Waals surface area contributed by atoms with Crippen molar-refractivity contribution in [3.8, 4) is 0 Å². The van der Waals surface area contributed by atoms with E-state index in [-0.39, 0.29) is 17.2 Å². The highest BCUT2D eigenvalue weighted by molar-refractivity contribution is 5.99. The molecular weight excluding hydrogens is 220 g/mol. The molecule has 0 amide bonds. The van der Waals surface area contributed by atoms with Gasteiger partial charge in [0.1, 0.15) is 11.7 Å². The van der Waals surface area contributed by atoms with Crippen LogP contribution < -0.4 is 0 Å². The number of ether oxygens (including phenoxy) is 2. The number of rotatable bonds is 2. The summed E-state index contributed by atoms with van der Waals surface area (Å²) in [5, 5.41) is 0. The van der Waals surface area contributed by atoms with Gasteiger partial charge in [-0.3, -0.25) is 9.59 Å². The highest BCUT2D eigenvalue weighted by Crippen LogP contribution is 2.45. The Morgan fingerprint density at radius 2 is 2.12 bits per heavy atom. The van der Waals surface area contributed by atoms with E-state index >= 15 is 0 Å². The lowest BCUT2D eigenvalue weighted by Crippen LogP contribution is -2.41. The summed E-state index contributed by atoms with van der Waals surface area (Å²) in [6, 6.07) is 0. The third-order valence-corrected chi connectivity index (χ3v) is 4.05. The molecular formula is C13H20O4. The van der Waals surface area contributed by atoms with Crippen LogP contribution in [0.15, 0.2) is 0 Å². The van der Waals surface area contributed by atoms with E-state index in [0.717, 1.165) is 32.5 Å². The molecule has 1 unspecified atom stereocenters. The molecule has 0 bridgehead atoms. The molecule has 1 atom stereocenters. The van der Waals surface area contributed by atoms with E-state index in [2.05, 4.69) is 0 Å². The molecule has 0 N–H and O–H groups in total. The molecule has 2 aliphatic rings. The van der Waals surface area contributed by atoms with Crippen LogP contribution in [0.25, 0.3) is 0 Å². The Balaban J connectivity index is 2.05. The van der Waals surface area contributed by atoms with Gasteiger partial charge < -0.3 is 9.47 Å². The van der Waals surface area contributed by atoms with E-state index < -0.39 is 5.92 Å². The van der Waals surface area contributed by atoms with Crippen molar-refractivity contribution in [3.63, 3.8) is 0 Å². The zero-order valence-electron chi connectivity index (χ0n) is 10.4. The van der Waals surface area contributed by atoms with Crippen molar-refractivity contribution in [2.75, 3.05) is 19.8 Å². The van der Waals surface area contributed by atoms with Gasteiger partial charge in [-0.05, 0) is 38.0 Å². The van der Waals surface area contributed by atoms with Gasteiger partial charge in [-0.2, -0.15) is 0 Å². The fourth-order valence-corrected chi connectivity index (χ4v) is 2.93. The van der Waals surface area contributed by atoms with E-state index in [4.69, 9.17) is 9.47 Å². The minimum Gasteiger partial charge on any atom is -0.465 e. The number of hydrogen-bond acceptors (Lipinski definition) is 4. The van der Waals surface area contributed by atoms with Crippen molar-refractivity contribution in [3.05, 3.63) is 0 Å². The highest BCUT2D eigenvalue weighted by atomic mass is 16.5. The van der Waals surface area contributed by atoms with Crippen molar-refractivity contribution in [1.82, 2.24) is 0 Å². The smallest absolute Gasteiger partial charge is 0.316 e. The van der Waals surface area contributed by atoms with Crippen LogP contribution in [-0.4, -0.2) is 31.6 Å². The Hall–Kier alpha value is -0.900. The van der Waals surface area contributed by atoms with Gasteiger partial charge in [-0.1, -0.05) is 0 Å². The van der Waals surface area contributed by atoms with Gasteiger partial charge in [0.2, 0.25) is 0 Å². The molecule has 0 aromatic carbocycles. The number of ketones is 1. The molecule has 1 aliphatic carbocycles. The van der Waals surface area contributed by atoms with E-state index in [1.54, 1.807) is 6.92 Å². The maximum atomic E-state index is 11.8. The topological polar surface area (TPSA) is 52.6 Å². The normalized spacial score (nSPS) is 28.1. The summed E-state index contributed by atoms with van der Waals surface area (Å²) in [5.41, 5.74) is 0.142. The van der Waals surface area contributed by atoms with E-state index in [1.165, 1.54) is 0 Å². The van der Waals surface area contributed by atoms with Gasteiger partial charge in [-0.15, -0.1) is 0 Å². The standard InChI is InChI=1S/C13H20O4/c1-2-17-12(15)10-9-13(4-3-11(10)14)5-7-16-8-6-13/h10H,2-9H2,1H3. The first-order valence-electron chi connectivity index (χ1n) is 6.44. The lowest BCUT2D eigenvalue weighted by Gasteiger charge is -2.42. The predicted molar refractivity (Wildman–Crippen MR) is 61.5 cm³/mol. The summed E-state index contributed by atoms with van der Waals surface area (Å²) in [4.78, 5) is 23.6. The Labute approximate surface area is 102 Å². The molecule has 2 rings (SSSR count). The third kappa shape index (κ3) is 2.68. The number of Topliss-reactive ketones (excluding diaryl/α,β-unsaturated/α-hetero) is 1. The maximum absolute atomic E-state index is 11.8. The first-order valence-corrected chi connectivity index (χ1v) is 6.44. The predicted octanol–water partition coefficient (Wildman–Crippen LogP) is 1.72. The quantitative estimate of drug-likeness (QED) is 0.544. The van der Waals surface area contributed by atoms with Gasteiger partial charge >= 0.3 is 5.97 Å². The maximum Gasteiger partial charge on any atom is 0.316 e. The van der Waals surface area contributed by atoms with Crippen LogP contribution in [0.5, 0.6) is 0 Å². The van der Waals surface area contributed by atoms with Crippen LogP contribution >= 0.6 is 0 Å². The van der Waals surface area contributed by atoms with Crippen molar-refractivity contribution in [2.24, 2.45) is 11.3 Å². The second kappa shape index (κ2) is 5.17. The van der Waals surface area contributed by atoms with Crippen LogP contribution in [0.1, 0.15) is 39.0 Å². The Kier molecular flexibility index (Phi) is 3.82. The van der Waals surface area contributed by atoms with Crippen molar-refractivity contribution in [1.29, 1.82) is 0 Å². The Bertz CT molecular complexity index is 305. The van der Waals surface area contributed by atoms with Gasteiger partial charge in [0, 0.05) is 19.6 Å². The van der Waals surface area contributed by atoms with E-state index in [0.29, 0.717) is 19.4 Å². The molecule has 17 heavy (non-hydrogen) atoms. The van der Waals surface area contributed by atoms with Crippen molar-refractivity contribution in [2.45, 2.75) is 39.0 Å².